The maximum absolute atomic E-state index is 9.20. The van der Waals surface area contributed by atoms with Crippen molar-refractivity contribution in [2.24, 2.45) is 0 Å². The average Bonchev–Trinajstić information content (AvgIpc) is 2.45. The summed E-state index contributed by atoms with van der Waals surface area (Å²) in [6.07, 6.45) is 1.78. The number of nitriles is 1. The molecule has 3 aromatic rings. The summed E-state index contributed by atoms with van der Waals surface area (Å²) in [5.74, 6) is 0. The van der Waals surface area contributed by atoms with Crippen LogP contribution in [0.2, 0.25) is 0 Å². The van der Waals surface area contributed by atoms with Crippen LogP contribution in [-0.2, 0) is 0 Å². The molecule has 0 saturated heterocycles. The highest BCUT2D eigenvalue weighted by Crippen LogP contribution is 2.25. The summed E-state index contributed by atoms with van der Waals surface area (Å²) in [6.45, 7) is 4.05. The van der Waals surface area contributed by atoms with Crippen LogP contribution in [-0.4, -0.2) is 9.97 Å². The van der Waals surface area contributed by atoms with Crippen LogP contribution in [0.5, 0.6) is 0 Å². The Morgan fingerprint density at radius 3 is 2.70 bits per heavy atom. The van der Waals surface area contributed by atoms with E-state index in [0.29, 0.717) is 5.56 Å². The first kappa shape index (κ1) is 12.3. The zero-order valence-corrected chi connectivity index (χ0v) is 11.4. The van der Waals surface area contributed by atoms with E-state index in [1.54, 1.807) is 12.3 Å². The number of pyridine rings is 2. The monoisotopic (exact) mass is 259 g/mol. The minimum absolute atomic E-state index is 0.594. The molecule has 0 N–H and O–H groups in total. The van der Waals surface area contributed by atoms with Crippen LogP contribution in [0.4, 0.5) is 0 Å². The highest BCUT2D eigenvalue weighted by molar-refractivity contribution is 5.87. The van der Waals surface area contributed by atoms with Crippen LogP contribution in [0.15, 0.2) is 42.6 Å². The SMILES string of the molecule is Cc1ccnc(-c2nc3c(C#N)cccc3cc2C)c1. The lowest BCUT2D eigenvalue weighted by molar-refractivity contribution is 1.22. The molecule has 0 aliphatic rings. The third-order valence-electron chi connectivity index (χ3n) is 3.31. The maximum Gasteiger partial charge on any atom is 0.101 e. The molecular formula is C17H13N3. The summed E-state index contributed by atoms with van der Waals surface area (Å²) in [6, 6.07) is 13.9. The Kier molecular flexibility index (Phi) is 2.92. The van der Waals surface area contributed by atoms with Crippen LogP contribution in [0, 0.1) is 25.2 Å². The molecule has 20 heavy (non-hydrogen) atoms. The van der Waals surface area contributed by atoms with E-state index in [4.69, 9.17) is 0 Å². The number of para-hydroxylation sites is 1. The molecule has 0 spiro atoms. The number of fused-ring (bicyclic) bond motifs is 1. The molecule has 0 fully saturated rings. The fraction of sp³-hybridized carbons (Fsp3) is 0.118. The first-order valence-electron chi connectivity index (χ1n) is 6.42. The van der Waals surface area contributed by atoms with Gasteiger partial charge in [0.1, 0.15) is 6.07 Å². The van der Waals surface area contributed by atoms with Crippen LogP contribution >= 0.6 is 0 Å². The maximum atomic E-state index is 9.20. The third-order valence-corrected chi connectivity index (χ3v) is 3.31. The van der Waals surface area contributed by atoms with E-state index in [9.17, 15) is 5.26 Å². The number of aromatic nitrogens is 2. The number of hydrogen-bond donors (Lipinski definition) is 0. The van der Waals surface area contributed by atoms with Crippen molar-refractivity contribution >= 4 is 10.9 Å². The molecule has 2 heterocycles. The fourth-order valence-electron chi connectivity index (χ4n) is 2.32. The van der Waals surface area contributed by atoms with Gasteiger partial charge < -0.3 is 0 Å². The van der Waals surface area contributed by atoms with E-state index in [1.807, 2.05) is 38.1 Å². The van der Waals surface area contributed by atoms with Crippen LogP contribution < -0.4 is 0 Å². The Hall–Kier alpha value is -2.73. The van der Waals surface area contributed by atoms with Crippen molar-refractivity contribution < 1.29 is 0 Å². The second kappa shape index (κ2) is 4.75. The molecule has 0 aliphatic heterocycles. The minimum Gasteiger partial charge on any atom is -0.255 e. The predicted octanol–water partition coefficient (Wildman–Crippen LogP) is 3.79. The number of hydrogen-bond acceptors (Lipinski definition) is 3. The highest BCUT2D eigenvalue weighted by Gasteiger charge is 2.09. The Bertz CT molecular complexity index is 844. The normalized spacial score (nSPS) is 10.4. The predicted molar refractivity (Wildman–Crippen MR) is 79.2 cm³/mol. The van der Waals surface area contributed by atoms with Crippen molar-refractivity contribution in [3.8, 4) is 17.5 Å². The van der Waals surface area contributed by atoms with Gasteiger partial charge in [0.2, 0.25) is 0 Å². The molecule has 3 nitrogen and oxygen atoms in total. The summed E-state index contributed by atoms with van der Waals surface area (Å²) in [5.41, 5.74) is 5.21. The Labute approximate surface area is 117 Å². The van der Waals surface area contributed by atoms with Crippen molar-refractivity contribution in [1.29, 1.82) is 5.26 Å². The van der Waals surface area contributed by atoms with Gasteiger partial charge in [0.25, 0.3) is 0 Å². The summed E-state index contributed by atoms with van der Waals surface area (Å²) in [4.78, 5) is 9.06. The highest BCUT2D eigenvalue weighted by atomic mass is 14.8. The van der Waals surface area contributed by atoms with Crippen LogP contribution in [0.1, 0.15) is 16.7 Å². The van der Waals surface area contributed by atoms with Gasteiger partial charge in [0.05, 0.1) is 22.5 Å². The number of nitrogens with zero attached hydrogens (tertiary/aromatic N) is 3. The van der Waals surface area contributed by atoms with Gasteiger partial charge in [-0.15, -0.1) is 0 Å². The van der Waals surface area contributed by atoms with Crippen molar-refractivity contribution in [2.45, 2.75) is 13.8 Å². The van der Waals surface area contributed by atoms with Gasteiger partial charge in [-0.25, -0.2) is 4.98 Å². The molecular weight excluding hydrogens is 246 g/mol. The Balaban J connectivity index is 2.32. The van der Waals surface area contributed by atoms with Crippen LogP contribution in [0.25, 0.3) is 22.3 Å². The van der Waals surface area contributed by atoms with Gasteiger partial charge in [-0.3, -0.25) is 4.98 Å². The van der Waals surface area contributed by atoms with Crippen molar-refractivity contribution in [2.75, 3.05) is 0 Å². The molecule has 0 unspecified atom stereocenters. The molecule has 3 rings (SSSR count). The molecule has 3 heteroatoms. The van der Waals surface area contributed by atoms with E-state index < -0.39 is 0 Å². The van der Waals surface area contributed by atoms with Crippen molar-refractivity contribution in [3.63, 3.8) is 0 Å². The van der Waals surface area contributed by atoms with Gasteiger partial charge >= 0.3 is 0 Å². The molecule has 1 aromatic carbocycles. The summed E-state index contributed by atoms with van der Waals surface area (Å²) in [7, 11) is 0. The van der Waals surface area contributed by atoms with E-state index in [0.717, 1.165) is 33.4 Å². The number of rotatable bonds is 1. The average molecular weight is 259 g/mol. The van der Waals surface area contributed by atoms with E-state index in [1.165, 1.54) is 0 Å². The molecule has 0 radical (unpaired) electrons. The smallest absolute Gasteiger partial charge is 0.101 e. The molecule has 0 bridgehead atoms. The van der Waals surface area contributed by atoms with Gasteiger partial charge in [-0.2, -0.15) is 5.26 Å². The molecule has 2 aromatic heterocycles. The van der Waals surface area contributed by atoms with E-state index in [-0.39, 0.29) is 0 Å². The number of benzene rings is 1. The first-order valence-corrected chi connectivity index (χ1v) is 6.42. The quantitative estimate of drug-likeness (QED) is 0.668. The van der Waals surface area contributed by atoms with Crippen molar-refractivity contribution in [3.05, 3.63) is 59.3 Å². The molecule has 0 amide bonds. The Morgan fingerprint density at radius 1 is 1.10 bits per heavy atom. The molecule has 96 valence electrons. The largest absolute Gasteiger partial charge is 0.255 e. The summed E-state index contributed by atoms with van der Waals surface area (Å²) >= 11 is 0. The minimum atomic E-state index is 0.594. The lowest BCUT2D eigenvalue weighted by atomic mass is 10.0. The zero-order chi connectivity index (χ0) is 14.1. The topological polar surface area (TPSA) is 49.6 Å². The standard InChI is InChI=1S/C17H13N3/c1-11-6-7-19-15(8-11)16-12(2)9-13-4-3-5-14(10-18)17(13)20-16/h3-9H,1-2H3. The molecule has 0 aliphatic carbocycles. The van der Waals surface area contributed by atoms with E-state index in [2.05, 4.69) is 22.1 Å². The second-order valence-electron chi connectivity index (χ2n) is 4.86. The van der Waals surface area contributed by atoms with Gasteiger partial charge in [0, 0.05) is 11.6 Å². The molecule has 0 atom stereocenters. The second-order valence-corrected chi connectivity index (χ2v) is 4.86. The zero-order valence-electron chi connectivity index (χ0n) is 11.4. The summed E-state index contributed by atoms with van der Waals surface area (Å²) in [5, 5.41) is 10.2. The van der Waals surface area contributed by atoms with Gasteiger partial charge in [-0.05, 0) is 49.2 Å². The van der Waals surface area contributed by atoms with E-state index >= 15 is 0 Å². The lowest BCUT2D eigenvalue weighted by Gasteiger charge is -2.08. The molecule has 0 saturated carbocycles. The van der Waals surface area contributed by atoms with Crippen molar-refractivity contribution in [1.82, 2.24) is 9.97 Å². The number of aryl methyl sites for hydroxylation is 2. The fourth-order valence-corrected chi connectivity index (χ4v) is 2.32. The summed E-state index contributed by atoms with van der Waals surface area (Å²) < 4.78 is 0. The van der Waals surface area contributed by atoms with Gasteiger partial charge in [-0.1, -0.05) is 12.1 Å². The third kappa shape index (κ3) is 2.02. The lowest BCUT2D eigenvalue weighted by Crippen LogP contribution is -1.94. The van der Waals surface area contributed by atoms with Crippen LogP contribution in [0.3, 0.4) is 0 Å². The first-order chi connectivity index (χ1) is 9.69. The van der Waals surface area contributed by atoms with Gasteiger partial charge in [0.15, 0.2) is 0 Å². The Morgan fingerprint density at radius 2 is 1.95 bits per heavy atom.